The molecule has 2 rings (SSSR count). The van der Waals surface area contributed by atoms with Crippen LogP contribution < -0.4 is 16.2 Å². The summed E-state index contributed by atoms with van der Waals surface area (Å²) in [5.41, 5.74) is 6.07. The van der Waals surface area contributed by atoms with E-state index in [0.29, 0.717) is 23.9 Å². The predicted molar refractivity (Wildman–Crippen MR) is 63.5 cm³/mol. The van der Waals surface area contributed by atoms with Crippen molar-refractivity contribution in [2.75, 3.05) is 18.5 Å². The van der Waals surface area contributed by atoms with E-state index in [0.717, 1.165) is 5.69 Å². The van der Waals surface area contributed by atoms with Crippen LogP contribution in [-0.4, -0.2) is 24.8 Å². The van der Waals surface area contributed by atoms with Crippen LogP contribution in [0.15, 0.2) is 29.3 Å². The van der Waals surface area contributed by atoms with Crippen molar-refractivity contribution in [3.8, 4) is 0 Å². The fraction of sp³-hybridized carbons (Fsp3) is 0.200. The molecule has 0 atom stereocenters. The summed E-state index contributed by atoms with van der Waals surface area (Å²) in [6.07, 6.45) is 0. The van der Waals surface area contributed by atoms with Crippen LogP contribution in [0.5, 0.6) is 0 Å². The van der Waals surface area contributed by atoms with Gasteiger partial charge >= 0.3 is 5.91 Å². The summed E-state index contributed by atoms with van der Waals surface area (Å²) in [4.78, 5) is 15.5. The van der Waals surface area contributed by atoms with Gasteiger partial charge in [-0.15, -0.1) is 0 Å². The maximum absolute atomic E-state index is 11.5. The van der Waals surface area contributed by atoms with Gasteiger partial charge in [0.05, 0.1) is 12.2 Å². The van der Waals surface area contributed by atoms with Crippen molar-refractivity contribution in [3.05, 3.63) is 29.3 Å². The van der Waals surface area contributed by atoms with E-state index in [1.54, 1.807) is 24.3 Å². The highest BCUT2D eigenvalue weighted by Crippen LogP contribution is 2.12. The van der Waals surface area contributed by atoms with E-state index in [1.165, 1.54) is 0 Å². The first kappa shape index (κ1) is 10.8. The zero-order valence-electron chi connectivity index (χ0n) is 8.46. The number of nitrogens with zero attached hydrogens (tertiary/aromatic N) is 1. The summed E-state index contributed by atoms with van der Waals surface area (Å²) >= 11 is 5.73. The molecule has 6 heteroatoms. The highest BCUT2D eigenvalue weighted by molar-refractivity contribution is 6.38. The van der Waals surface area contributed by atoms with E-state index < -0.39 is 0 Å². The van der Waals surface area contributed by atoms with E-state index in [2.05, 4.69) is 21.2 Å². The Bertz CT molecular complexity index is 415. The average molecular weight is 239 g/mol. The first-order valence-corrected chi connectivity index (χ1v) is 5.24. The lowest BCUT2D eigenvalue weighted by Gasteiger charge is -2.08. The van der Waals surface area contributed by atoms with Crippen LogP contribution in [0.4, 0.5) is 5.69 Å². The molecule has 3 N–H and O–H groups in total. The van der Waals surface area contributed by atoms with Gasteiger partial charge in [0.1, 0.15) is 0 Å². The predicted octanol–water partition coefficient (Wildman–Crippen LogP) is 0.785. The Morgan fingerprint density at radius 1 is 1.38 bits per heavy atom. The topological polar surface area (TPSA) is 65.5 Å². The van der Waals surface area contributed by atoms with Crippen LogP contribution in [0.3, 0.4) is 0 Å². The molecule has 0 radical (unpaired) electrons. The van der Waals surface area contributed by atoms with Crippen LogP contribution >= 0.6 is 11.6 Å². The van der Waals surface area contributed by atoms with Gasteiger partial charge in [-0.05, 0) is 24.3 Å². The van der Waals surface area contributed by atoms with Crippen LogP contribution in [0, 0.1) is 0 Å². The van der Waals surface area contributed by atoms with Crippen LogP contribution in [0.1, 0.15) is 0 Å². The summed E-state index contributed by atoms with van der Waals surface area (Å²) in [5.74, 6) is 0.0916. The molecular weight excluding hydrogens is 228 g/mol. The van der Waals surface area contributed by atoms with Crippen molar-refractivity contribution in [3.63, 3.8) is 0 Å². The van der Waals surface area contributed by atoms with Crippen LogP contribution in [0.25, 0.3) is 0 Å². The summed E-state index contributed by atoms with van der Waals surface area (Å²) < 4.78 is 0. The maximum Gasteiger partial charge on any atom is 0.304 e. The summed E-state index contributed by atoms with van der Waals surface area (Å²) in [6, 6.07) is 7.02. The minimum atomic E-state index is -0.271. The lowest BCUT2D eigenvalue weighted by Crippen LogP contribution is -2.40. The number of nitrogens with one attached hydrogen (secondary N) is 3. The summed E-state index contributed by atoms with van der Waals surface area (Å²) in [5, 5.41) is 3.53. The molecule has 5 nitrogen and oxygen atoms in total. The molecule has 16 heavy (non-hydrogen) atoms. The minimum absolute atomic E-state index is 0.271. The van der Waals surface area contributed by atoms with Gasteiger partial charge in [-0.25, -0.2) is 0 Å². The van der Waals surface area contributed by atoms with Crippen LogP contribution in [0.2, 0.25) is 5.02 Å². The summed E-state index contributed by atoms with van der Waals surface area (Å²) in [6.45, 7) is 1.35. The molecule has 1 amide bonds. The normalized spacial score (nSPS) is 13.9. The van der Waals surface area contributed by atoms with Crippen molar-refractivity contribution in [2.45, 2.75) is 0 Å². The monoisotopic (exact) mass is 238 g/mol. The second-order valence-corrected chi connectivity index (χ2v) is 3.68. The molecule has 1 aliphatic heterocycles. The number of hydrogen-bond acceptors (Lipinski definition) is 4. The highest BCUT2D eigenvalue weighted by atomic mass is 35.5. The fourth-order valence-electron chi connectivity index (χ4n) is 1.27. The molecule has 1 aromatic rings. The Labute approximate surface area is 97.9 Å². The molecule has 0 saturated carbocycles. The van der Waals surface area contributed by atoms with Crippen molar-refractivity contribution >= 4 is 29.0 Å². The molecule has 0 fully saturated rings. The van der Waals surface area contributed by atoms with Gasteiger partial charge in [0.25, 0.3) is 0 Å². The first-order chi connectivity index (χ1) is 7.75. The third kappa shape index (κ3) is 2.64. The lowest BCUT2D eigenvalue weighted by atomic mass is 10.3. The van der Waals surface area contributed by atoms with Gasteiger partial charge in [0, 0.05) is 11.6 Å². The van der Waals surface area contributed by atoms with Gasteiger partial charge in [0.2, 0.25) is 0 Å². The summed E-state index contributed by atoms with van der Waals surface area (Å²) in [7, 11) is 0. The lowest BCUT2D eigenvalue weighted by molar-refractivity contribution is -0.114. The Kier molecular flexibility index (Phi) is 3.26. The van der Waals surface area contributed by atoms with E-state index >= 15 is 0 Å². The molecule has 1 heterocycles. The number of carbonyl (C=O) groups is 1. The molecule has 0 aromatic heterocycles. The van der Waals surface area contributed by atoms with E-state index in [4.69, 9.17) is 11.6 Å². The number of benzene rings is 1. The number of amides is 1. The number of amidine groups is 1. The molecule has 1 aromatic carbocycles. The number of hydrogen-bond donors (Lipinski definition) is 3. The highest BCUT2D eigenvalue weighted by Gasteiger charge is 2.13. The van der Waals surface area contributed by atoms with Crippen molar-refractivity contribution in [1.29, 1.82) is 0 Å². The Morgan fingerprint density at radius 3 is 2.75 bits per heavy atom. The maximum atomic E-state index is 11.5. The number of halogens is 1. The fourth-order valence-corrected chi connectivity index (χ4v) is 1.40. The molecule has 84 valence electrons. The molecule has 0 spiro atoms. The number of anilines is 1. The standard InChI is InChI=1S/C10H11ClN4O/c11-7-1-3-8(4-2-7)14-15-10(16)9-12-5-6-13-9/h1-4,14H,5-6H2,(H,12,13)(H,15,16). The van der Waals surface area contributed by atoms with Crippen molar-refractivity contribution in [2.24, 2.45) is 4.99 Å². The second kappa shape index (κ2) is 4.85. The molecule has 0 unspecified atom stereocenters. The number of hydrazine groups is 1. The SMILES string of the molecule is O=C(NNc1ccc(Cl)cc1)C1=NCCN1. The van der Waals surface area contributed by atoms with Gasteiger partial charge in [-0.1, -0.05) is 11.6 Å². The van der Waals surface area contributed by atoms with Gasteiger partial charge < -0.3 is 5.32 Å². The second-order valence-electron chi connectivity index (χ2n) is 3.24. The largest absolute Gasteiger partial charge is 0.364 e. The van der Waals surface area contributed by atoms with Crippen molar-refractivity contribution in [1.82, 2.24) is 10.7 Å². The Morgan fingerprint density at radius 2 is 2.12 bits per heavy atom. The molecular formula is C10H11ClN4O. The molecule has 0 bridgehead atoms. The van der Waals surface area contributed by atoms with Crippen LogP contribution in [-0.2, 0) is 4.79 Å². The zero-order valence-corrected chi connectivity index (χ0v) is 9.21. The number of aliphatic imine (C=N–C) groups is 1. The third-order valence-corrected chi connectivity index (χ3v) is 2.31. The third-order valence-electron chi connectivity index (χ3n) is 2.05. The number of carbonyl (C=O) groups excluding carboxylic acids is 1. The van der Waals surface area contributed by atoms with Gasteiger partial charge in [0.15, 0.2) is 5.84 Å². The smallest absolute Gasteiger partial charge is 0.304 e. The average Bonchev–Trinajstić information content (AvgIpc) is 2.81. The molecule has 0 aliphatic carbocycles. The van der Waals surface area contributed by atoms with Crippen molar-refractivity contribution < 1.29 is 4.79 Å². The van der Waals surface area contributed by atoms with E-state index in [9.17, 15) is 4.79 Å². The van der Waals surface area contributed by atoms with Gasteiger partial charge in [-0.2, -0.15) is 0 Å². The quantitative estimate of drug-likeness (QED) is 0.682. The Balaban J connectivity index is 1.87. The molecule has 0 saturated heterocycles. The number of rotatable bonds is 3. The molecule has 1 aliphatic rings. The Hall–Kier alpha value is -1.75. The van der Waals surface area contributed by atoms with Gasteiger partial charge in [-0.3, -0.25) is 20.6 Å². The van der Waals surface area contributed by atoms with E-state index in [1.807, 2.05) is 0 Å². The zero-order chi connectivity index (χ0) is 11.4. The minimum Gasteiger partial charge on any atom is -0.364 e. The first-order valence-electron chi connectivity index (χ1n) is 4.86. The van der Waals surface area contributed by atoms with E-state index in [-0.39, 0.29) is 5.91 Å².